The fourth-order valence-corrected chi connectivity index (χ4v) is 1.36. The van der Waals surface area contributed by atoms with Gasteiger partial charge in [0.2, 0.25) is 0 Å². The van der Waals surface area contributed by atoms with Gasteiger partial charge in [-0.25, -0.2) is 4.79 Å². The quantitative estimate of drug-likeness (QED) is 0.278. The molecular weight excluding hydrogens is 399 g/mol. The number of likely N-dealkylation sites (N-methyl/N-ethyl adjacent to an activating group) is 1. The first kappa shape index (κ1) is 23.5. The van der Waals surface area contributed by atoms with Crippen molar-refractivity contribution in [2.45, 2.75) is 33.3 Å². The fourth-order valence-electron chi connectivity index (χ4n) is 1.36. The highest BCUT2D eigenvalue weighted by molar-refractivity contribution is 14.0. The lowest BCUT2D eigenvalue weighted by Gasteiger charge is -2.24. The van der Waals surface area contributed by atoms with E-state index in [1.165, 1.54) is 4.90 Å². The molecule has 0 aromatic rings. The average Bonchev–Trinajstić information content (AvgIpc) is 2.36. The summed E-state index contributed by atoms with van der Waals surface area (Å²) in [6, 6.07) is 0. The van der Waals surface area contributed by atoms with E-state index in [-0.39, 0.29) is 30.1 Å². The minimum Gasteiger partial charge on any atom is -0.444 e. The number of aliphatic imine (C=N–C) groups is 1. The Morgan fingerprint density at radius 3 is 2.41 bits per heavy atom. The predicted octanol–water partition coefficient (Wildman–Crippen LogP) is 1.67. The first-order valence-corrected chi connectivity index (χ1v) is 7.25. The molecule has 132 valence electrons. The SMILES string of the molecule is CCNC(=NCCOC)NCCN(C)C(=O)OC(C)(C)C.I. The highest BCUT2D eigenvalue weighted by Crippen LogP contribution is 2.08. The van der Waals surface area contributed by atoms with E-state index in [9.17, 15) is 4.79 Å². The number of carbonyl (C=O) groups excluding carboxylic acids is 1. The summed E-state index contributed by atoms with van der Waals surface area (Å²) in [6.07, 6.45) is -0.328. The molecule has 0 bridgehead atoms. The molecule has 0 fully saturated rings. The van der Waals surface area contributed by atoms with Gasteiger partial charge in [0.15, 0.2) is 5.96 Å². The summed E-state index contributed by atoms with van der Waals surface area (Å²) in [4.78, 5) is 17.7. The van der Waals surface area contributed by atoms with Gasteiger partial charge in [-0.15, -0.1) is 24.0 Å². The van der Waals surface area contributed by atoms with Gasteiger partial charge in [-0.1, -0.05) is 0 Å². The molecule has 0 radical (unpaired) electrons. The van der Waals surface area contributed by atoms with E-state index in [2.05, 4.69) is 15.6 Å². The summed E-state index contributed by atoms with van der Waals surface area (Å²) in [7, 11) is 3.36. The van der Waals surface area contributed by atoms with Crippen LogP contribution in [0.1, 0.15) is 27.7 Å². The Hall–Kier alpha value is -0.770. The molecule has 2 N–H and O–H groups in total. The highest BCUT2D eigenvalue weighted by atomic mass is 127. The van der Waals surface area contributed by atoms with Gasteiger partial charge in [-0.2, -0.15) is 0 Å². The van der Waals surface area contributed by atoms with Crippen LogP contribution in [0.25, 0.3) is 0 Å². The predicted molar refractivity (Wildman–Crippen MR) is 100 cm³/mol. The molecule has 0 saturated heterocycles. The van der Waals surface area contributed by atoms with E-state index in [1.54, 1.807) is 14.2 Å². The number of guanidine groups is 1. The van der Waals surface area contributed by atoms with Gasteiger partial charge in [0, 0.05) is 33.8 Å². The Kier molecular flexibility index (Phi) is 13.6. The van der Waals surface area contributed by atoms with E-state index < -0.39 is 5.60 Å². The number of hydrogen-bond donors (Lipinski definition) is 2. The molecule has 0 saturated carbocycles. The normalized spacial score (nSPS) is 11.5. The monoisotopic (exact) mass is 430 g/mol. The number of hydrogen-bond acceptors (Lipinski definition) is 4. The molecule has 0 spiro atoms. The lowest BCUT2D eigenvalue weighted by Crippen LogP contribution is -2.43. The van der Waals surface area contributed by atoms with Crippen LogP contribution in [0.15, 0.2) is 4.99 Å². The Balaban J connectivity index is 0. The largest absolute Gasteiger partial charge is 0.444 e. The van der Waals surface area contributed by atoms with Crippen molar-refractivity contribution in [3.63, 3.8) is 0 Å². The third kappa shape index (κ3) is 12.9. The third-order valence-corrected chi connectivity index (χ3v) is 2.35. The number of nitrogens with one attached hydrogen (secondary N) is 2. The summed E-state index contributed by atoms with van der Waals surface area (Å²) >= 11 is 0. The molecule has 0 aromatic carbocycles. The van der Waals surface area contributed by atoms with E-state index in [0.29, 0.717) is 32.2 Å². The van der Waals surface area contributed by atoms with Crippen LogP contribution >= 0.6 is 24.0 Å². The summed E-state index contributed by atoms with van der Waals surface area (Å²) in [6.45, 7) is 10.6. The molecule has 0 aromatic heterocycles. The van der Waals surface area contributed by atoms with Crippen molar-refractivity contribution in [2.24, 2.45) is 4.99 Å². The number of carbonyl (C=O) groups is 1. The lowest BCUT2D eigenvalue weighted by molar-refractivity contribution is 0.0302. The molecular formula is C14H31IN4O3. The Morgan fingerprint density at radius 2 is 1.91 bits per heavy atom. The lowest BCUT2D eigenvalue weighted by atomic mass is 10.2. The van der Waals surface area contributed by atoms with Gasteiger partial charge in [0.05, 0.1) is 13.2 Å². The van der Waals surface area contributed by atoms with Crippen molar-refractivity contribution in [2.75, 3.05) is 46.9 Å². The second kappa shape index (κ2) is 12.7. The van der Waals surface area contributed by atoms with Gasteiger partial charge < -0.3 is 25.0 Å². The second-order valence-corrected chi connectivity index (χ2v) is 5.58. The maximum atomic E-state index is 11.8. The molecule has 7 nitrogen and oxygen atoms in total. The van der Waals surface area contributed by atoms with Gasteiger partial charge in [-0.3, -0.25) is 4.99 Å². The smallest absolute Gasteiger partial charge is 0.410 e. The molecule has 1 amide bonds. The maximum Gasteiger partial charge on any atom is 0.410 e. The van der Waals surface area contributed by atoms with Gasteiger partial charge >= 0.3 is 6.09 Å². The van der Waals surface area contributed by atoms with Crippen molar-refractivity contribution in [1.82, 2.24) is 15.5 Å². The summed E-state index contributed by atoms with van der Waals surface area (Å²) < 4.78 is 10.2. The van der Waals surface area contributed by atoms with Crippen molar-refractivity contribution in [1.29, 1.82) is 0 Å². The Morgan fingerprint density at radius 1 is 1.27 bits per heavy atom. The number of rotatable bonds is 7. The summed E-state index contributed by atoms with van der Waals surface area (Å²) in [5.41, 5.74) is -0.477. The standard InChI is InChI=1S/C14H30N4O3.HI/c1-7-15-12(17-9-11-20-6)16-8-10-18(5)13(19)21-14(2,3)4;/h7-11H2,1-6H3,(H2,15,16,17);1H. The van der Waals surface area contributed by atoms with Crippen LogP contribution in [-0.2, 0) is 9.47 Å². The first-order valence-electron chi connectivity index (χ1n) is 7.25. The zero-order valence-electron chi connectivity index (χ0n) is 14.6. The van der Waals surface area contributed by atoms with Crippen LogP contribution in [0.3, 0.4) is 0 Å². The molecule has 22 heavy (non-hydrogen) atoms. The maximum absolute atomic E-state index is 11.8. The zero-order valence-corrected chi connectivity index (χ0v) is 16.9. The number of methoxy groups -OCH3 is 1. The summed E-state index contributed by atoms with van der Waals surface area (Å²) in [5, 5.41) is 6.29. The van der Waals surface area contributed by atoms with E-state index in [0.717, 1.165) is 6.54 Å². The van der Waals surface area contributed by atoms with Gasteiger partial charge in [-0.05, 0) is 27.7 Å². The molecule has 0 aliphatic heterocycles. The van der Waals surface area contributed by atoms with Crippen LogP contribution in [-0.4, -0.2) is 69.5 Å². The van der Waals surface area contributed by atoms with Crippen molar-refractivity contribution in [3.8, 4) is 0 Å². The summed E-state index contributed by atoms with van der Waals surface area (Å²) in [5.74, 6) is 0.715. The van der Waals surface area contributed by atoms with Crippen LogP contribution in [0.5, 0.6) is 0 Å². The molecule has 0 rings (SSSR count). The fraction of sp³-hybridized carbons (Fsp3) is 0.857. The van der Waals surface area contributed by atoms with E-state index >= 15 is 0 Å². The second-order valence-electron chi connectivity index (χ2n) is 5.58. The Labute approximate surface area is 151 Å². The van der Waals surface area contributed by atoms with Crippen LogP contribution in [0, 0.1) is 0 Å². The average molecular weight is 430 g/mol. The number of ether oxygens (including phenoxy) is 2. The number of nitrogens with zero attached hydrogens (tertiary/aromatic N) is 2. The van der Waals surface area contributed by atoms with E-state index in [4.69, 9.17) is 9.47 Å². The van der Waals surface area contributed by atoms with Crippen LogP contribution < -0.4 is 10.6 Å². The first-order chi connectivity index (χ1) is 9.80. The molecule has 0 unspecified atom stereocenters. The highest BCUT2D eigenvalue weighted by Gasteiger charge is 2.19. The zero-order chi connectivity index (χ0) is 16.3. The molecule has 0 atom stereocenters. The van der Waals surface area contributed by atoms with Crippen molar-refractivity contribution < 1.29 is 14.3 Å². The third-order valence-electron chi connectivity index (χ3n) is 2.35. The van der Waals surface area contributed by atoms with Crippen LogP contribution in [0.4, 0.5) is 4.79 Å². The van der Waals surface area contributed by atoms with Gasteiger partial charge in [0.1, 0.15) is 5.60 Å². The van der Waals surface area contributed by atoms with E-state index in [1.807, 2.05) is 27.7 Å². The topological polar surface area (TPSA) is 75.2 Å². The number of halogens is 1. The Bertz CT molecular complexity index is 333. The van der Waals surface area contributed by atoms with Gasteiger partial charge in [0.25, 0.3) is 0 Å². The molecule has 0 aliphatic rings. The minimum atomic E-state index is -0.477. The number of amides is 1. The molecule has 0 heterocycles. The van der Waals surface area contributed by atoms with Crippen LogP contribution in [0.2, 0.25) is 0 Å². The van der Waals surface area contributed by atoms with Crippen molar-refractivity contribution >= 4 is 36.0 Å². The molecule has 0 aliphatic carbocycles. The van der Waals surface area contributed by atoms with Crippen molar-refractivity contribution in [3.05, 3.63) is 0 Å². The minimum absolute atomic E-state index is 0. The molecule has 8 heteroatoms.